The Morgan fingerprint density at radius 2 is 2.11 bits per heavy atom. The fourth-order valence-electron chi connectivity index (χ4n) is 2.27. The van der Waals surface area contributed by atoms with Gasteiger partial charge in [0.05, 0.1) is 0 Å². The molecular weight excluding hydrogens is 236 g/mol. The molecule has 3 nitrogen and oxygen atoms in total. The smallest absolute Gasteiger partial charge is 0.150 e. The molecule has 0 radical (unpaired) electrons. The van der Waals surface area contributed by atoms with Crippen LogP contribution in [0.2, 0.25) is 0 Å². The second-order valence-corrected chi connectivity index (χ2v) is 4.52. The molecule has 3 aromatic rings. The second kappa shape index (κ2) is 5.06. The largest absolute Gasteiger partial charge is 0.347 e. The van der Waals surface area contributed by atoms with E-state index in [2.05, 4.69) is 15.7 Å². The highest BCUT2D eigenvalue weighted by molar-refractivity contribution is 5.87. The lowest BCUT2D eigenvalue weighted by Gasteiger charge is -2.05. The quantitative estimate of drug-likeness (QED) is 0.667. The van der Waals surface area contributed by atoms with E-state index in [0.29, 0.717) is 0 Å². The molecular formula is C16H14N2O. The maximum absolute atomic E-state index is 10.8. The summed E-state index contributed by atoms with van der Waals surface area (Å²) in [6.45, 7) is 0.890. The lowest BCUT2D eigenvalue weighted by molar-refractivity contribution is 0.112. The van der Waals surface area contributed by atoms with Gasteiger partial charge in [0, 0.05) is 47.5 Å². The summed E-state index contributed by atoms with van der Waals surface area (Å²) >= 11 is 0. The third-order valence-electron chi connectivity index (χ3n) is 3.27. The summed E-state index contributed by atoms with van der Waals surface area (Å²) in [5.41, 5.74) is 2.96. The van der Waals surface area contributed by atoms with Crippen molar-refractivity contribution in [3.63, 3.8) is 0 Å². The van der Waals surface area contributed by atoms with Gasteiger partial charge >= 0.3 is 0 Å². The highest BCUT2D eigenvalue weighted by Gasteiger charge is 2.02. The molecule has 0 aliphatic heterocycles. The molecule has 0 saturated heterocycles. The van der Waals surface area contributed by atoms with E-state index in [1.54, 1.807) is 0 Å². The van der Waals surface area contributed by atoms with E-state index in [0.717, 1.165) is 41.4 Å². The summed E-state index contributed by atoms with van der Waals surface area (Å²) < 4.78 is 2.19. The van der Waals surface area contributed by atoms with Crippen molar-refractivity contribution in [3.8, 4) is 0 Å². The third-order valence-corrected chi connectivity index (χ3v) is 3.27. The monoisotopic (exact) mass is 250 g/mol. The summed E-state index contributed by atoms with van der Waals surface area (Å²) in [5.74, 6) is 0. The number of carbonyl (C=O) groups excluding carboxylic acids is 1. The molecule has 2 heterocycles. The molecule has 0 bridgehead atoms. The van der Waals surface area contributed by atoms with Crippen molar-refractivity contribution in [3.05, 3.63) is 66.1 Å². The van der Waals surface area contributed by atoms with Crippen LogP contribution in [0.5, 0.6) is 0 Å². The maximum atomic E-state index is 10.8. The van der Waals surface area contributed by atoms with Crippen molar-refractivity contribution in [1.82, 2.24) is 9.55 Å². The number of benzene rings is 1. The standard InChI is InChI=1S/C16H14N2O/c19-12-13-4-5-16-14(11-13)6-9-18(16)10-7-15-3-1-2-8-17-15/h1-6,8-9,11-12H,7,10H2. The average molecular weight is 250 g/mol. The Kier molecular flexibility index (Phi) is 3.11. The van der Waals surface area contributed by atoms with Crippen LogP contribution in [-0.2, 0) is 13.0 Å². The van der Waals surface area contributed by atoms with Crippen LogP contribution >= 0.6 is 0 Å². The molecule has 0 fully saturated rings. The van der Waals surface area contributed by atoms with Crippen molar-refractivity contribution in [2.75, 3.05) is 0 Å². The summed E-state index contributed by atoms with van der Waals surface area (Å²) in [7, 11) is 0. The number of nitrogens with zero attached hydrogens (tertiary/aromatic N) is 2. The van der Waals surface area contributed by atoms with Crippen molar-refractivity contribution >= 4 is 17.2 Å². The number of fused-ring (bicyclic) bond motifs is 1. The minimum atomic E-state index is 0.718. The molecule has 0 N–H and O–H groups in total. The lowest BCUT2D eigenvalue weighted by Crippen LogP contribution is -2.01. The Hall–Kier alpha value is -2.42. The zero-order chi connectivity index (χ0) is 13.1. The molecule has 0 spiro atoms. The van der Waals surface area contributed by atoms with Crippen molar-refractivity contribution < 1.29 is 4.79 Å². The molecule has 2 aromatic heterocycles. The van der Waals surface area contributed by atoms with Gasteiger partial charge in [-0.25, -0.2) is 0 Å². The molecule has 0 aliphatic rings. The average Bonchev–Trinajstić information content (AvgIpc) is 2.88. The van der Waals surface area contributed by atoms with E-state index in [4.69, 9.17) is 0 Å². The van der Waals surface area contributed by atoms with E-state index in [9.17, 15) is 4.79 Å². The first-order valence-corrected chi connectivity index (χ1v) is 6.31. The molecule has 0 amide bonds. The highest BCUT2D eigenvalue weighted by Crippen LogP contribution is 2.17. The van der Waals surface area contributed by atoms with Gasteiger partial charge in [-0.05, 0) is 36.4 Å². The summed E-state index contributed by atoms with van der Waals surface area (Å²) in [5, 5.41) is 1.10. The maximum Gasteiger partial charge on any atom is 0.150 e. The van der Waals surface area contributed by atoms with Gasteiger partial charge in [-0.1, -0.05) is 6.07 Å². The zero-order valence-electron chi connectivity index (χ0n) is 10.5. The Morgan fingerprint density at radius 3 is 2.89 bits per heavy atom. The van der Waals surface area contributed by atoms with E-state index < -0.39 is 0 Å². The van der Waals surface area contributed by atoms with Gasteiger partial charge in [0.1, 0.15) is 6.29 Å². The van der Waals surface area contributed by atoms with Gasteiger partial charge in [-0.2, -0.15) is 0 Å². The topological polar surface area (TPSA) is 34.9 Å². The molecule has 94 valence electrons. The first kappa shape index (κ1) is 11.7. The third kappa shape index (κ3) is 2.40. The van der Waals surface area contributed by atoms with Gasteiger partial charge in [-0.15, -0.1) is 0 Å². The van der Waals surface area contributed by atoms with Crippen LogP contribution in [0.25, 0.3) is 10.9 Å². The van der Waals surface area contributed by atoms with Crippen LogP contribution in [0.15, 0.2) is 54.9 Å². The number of hydrogen-bond acceptors (Lipinski definition) is 2. The van der Waals surface area contributed by atoms with Crippen LogP contribution in [-0.4, -0.2) is 15.8 Å². The van der Waals surface area contributed by atoms with Crippen LogP contribution in [0, 0.1) is 0 Å². The zero-order valence-corrected chi connectivity index (χ0v) is 10.5. The molecule has 0 atom stereocenters. The highest BCUT2D eigenvalue weighted by atomic mass is 16.1. The van der Waals surface area contributed by atoms with Crippen molar-refractivity contribution in [2.45, 2.75) is 13.0 Å². The Morgan fingerprint density at radius 1 is 1.16 bits per heavy atom. The van der Waals surface area contributed by atoms with Gasteiger partial charge in [0.2, 0.25) is 0 Å². The van der Waals surface area contributed by atoms with Crippen molar-refractivity contribution in [2.24, 2.45) is 0 Å². The van der Waals surface area contributed by atoms with E-state index in [1.807, 2.05) is 48.7 Å². The number of rotatable bonds is 4. The van der Waals surface area contributed by atoms with Gasteiger partial charge in [-0.3, -0.25) is 9.78 Å². The summed E-state index contributed by atoms with van der Waals surface area (Å²) in [4.78, 5) is 15.1. The van der Waals surface area contributed by atoms with E-state index in [1.165, 1.54) is 0 Å². The fraction of sp³-hybridized carbons (Fsp3) is 0.125. The number of aryl methyl sites for hydroxylation is 2. The number of pyridine rings is 1. The summed E-state index contributed by atoms with van der Waals surface area (Å²) in [6.07, 6.45) is 5.66. The van der Waals surface area contributed by atoms with Crippen LogP contribution in [0.4, 0.5) is 0 Å². The van der Waals surface area contributed by atoms with Crippen LogP contribution < -0.4 is 0 Å². The predicted molar refractivity (Wildman–Crippen MR) is 75.3 cm³/mol. The Balaban J connectivity index is 1.83. The Labute approximate surface area is 111 Å². The molecule has 0 saturated carbocycles. The molecule has 0 aliphatic carbocycles. The first-order valence-electron chi connectivity index (χ1n) is 6.31. The second-order valence-electron chi connectivity index (χ2n) is 4.52. The van der Waals surface area contributed by atoms with Gasteiger partial charge in [0.25, 0.3) is 0 Å². The predicted octanol–water partition coefficient (Wildman–Crippen LogP) is 3.09. The van der Waals surface area contributed by atoms with Crippen LogP contribution in [0.3, 0.4) is 0 Å². The summed E-state index contributed by atoms with van der Waals surface area (Å²) in [6, 6.07) is 13.8. The number of carbonyl (C=O) groups is 1. The van der Waals surface area contributed by atoms with E-state index in [-0.39, 0.29) is 0 Å². The van der Waals surface area contributed by atoms with Crippen molar-refractivity contribution in [1.29, 1.82) is 0 Å². The molecule has 3 rings (SSSR count). The number of aldehydes is 1. The minimum absolute atomic E-state index is 0.718. The molecule has 1 aromatic carbocycles. The lowest BCUT2D eigenvalue weighted by atomic mass is 10.2. The first-order chi connectivity index (χ1) is 9.36. The van der Waals surface area contributed by atoms with Gasteiger partial charge < -0.3 is 4.57 Å². The van der Waals surface area contributed by atoms with E-state index >= 15 is 0 Å². The number of hydrogen-bond donors (Lipinski definition) is 0. The molecule has 0 unspecified atom stereocenters. The minimum Gasteiger partial charge on any atom is -0.347 e. The number of aromatic nitrogens is 2. The normalized spacial score (nSPS) is 10.7. The van der Waals surface area contributed by atoms with Gasteiger partial charge in [0.15, 0.2) is 0 Å². The Bertz CT molecular complexity index is 701. The molecule has 3 heteroatoms. The van der Waals surface area contributed by atoms with Crippen LogP contribution in [0.1, 0.15) is 16.1 Å². The SMILES string of the molecule is O=Cc1ccc2c(ccn2CCc2ccccn2)c1. The molecule has 19 heavy (non-hydrogen) atoms. The fourth-order valence-corrected chi connectivity index (χ4v) is 2.27.